The number of aromatic nitrogens is 2. The van der Waals surface area contributed by atoms with Crippen molar-refractivity contribution in [2.45, 2.75) is 57.5 Å². The minimum Gasteiger partial charge on any atom is -0.346 e. The molecule has 1 unspecified atom stereocenters. The van der Waals surface area contributed by atoms with Crippen LogP contribution in [0.15, 0.2) is 6.20 Å². The van der Waals surface area contributed by atoms with Crippen LogP contribution in [0.4, 0.5) is 0 Å². The van der Waals surface area contributed by atoms with Crippen molar-refractivity contribution in [2.24, 2.45) is 0 Å². The fourth-order valence-electron chi connectivity index (χ4n) is 4.17. The molecule has 2 aliphatic heterocycles. The summed E-state index contributed by atoms with van der Waals surface area (Å²) in [6, 6.07) is 0. The number of amides is 1. The number of aryl methyl sites for hydroxylation is 1. The van der Waals surface area contributed by atoms with Gasteiger partial charge in [0.05, 0.1) is 0 Å². The number of hydrogen-bond acceptors (Lipinski definition) is 4. The zero-order valence-electron chi connectivity index (χ0n) is 16.1. The summed E-state index contributed by atoms with van der Waals surface area (Å²) in [4.78, 5) is 27.0. The second-order valence-corrected chi connectivity index (χ2v) is 7.88. The number of likely N-dealkylation sites (tertiary alicyclic amines) is 1. The molecule has 1 aromatic heterocycles. The molecule has 25 heavy (non-hydrogen) atoms. The molecule has 0 bridgehead atoms. The predicted molar refractivity (Wildman–Crippen MR) is 99.3 cm³/mol. The number of aromatic amines is 1. The van der Waals surface area contributed by atoms with Gasteiger partial charge in [-0.1, -0.05) is 13.3 Å². The first-order valence-electron chi connectivity index (χ1n) is 9.73. The molecule has 0 saturated carbocycles. The van der Waals surface area contributed by atoms with Gasteiger partial charge in [-0.2, -0.15) is 0 Å². The van der Waals surface area contributed by atoms with Gasteiger partial charge in [-0.25, -0.2) is 4.98 Å². The number of unbranched alkanes of at least 4 members (excludes halogenated alkanes) is 1. The Morgan fingerprint density at radius 2 is 2.08 bits per heavy atom. The highest BCUT2D eigenvalue weighted by molar-refractivity contribution is 5.76. The van der Waals surface area contributed by atoms with E-state index in [4.69, 9.17) is 0 Å². The van der Waals surface area contributed by atoms with Crippen molar-refractivity contribution in [1.82, 2.24) is 24.7 Å². The first-order chi connectivity index (χ1) is 12.0. The lowest BCUT2D eigenvalue weighted by molar-refractivity contribution is -0.129. The van der Waals surface area contributed by atoms with Crippen LogP contribution < -0.4 is 0 Å². The highest BCUT2D eigenvalue weighted by atomic mass is 16.2. The normalized spacial score (nSPS) is 26.4. The number of piperazine rings is 1. The van der Waals surface area contributed by atoms with Crippen LogP contribution in [0.3, 0.4) is 0 Å². The maximum Gasteiger partial charge on any atom is 0.222 e. The minimum absolute atomic E-state index is 0.129. The molecule has 1 aromatic rings. The van der Waals surface area contributed by atoms with Crippen molar-refractivity contribution in [3.05, 3.63) is 17.7 Å². The van der Waals surface area contributed by atoms with Crippen LogP contribution in [-0.4, -0.2) is 76.4 Å². The van der Waals surface area contributed by atoms with Crippen LogP contribution in [0.5, 0.6) is 0 Å². The Hall–Kier alpha value is -1.40. The molecule has 6 nitrogen and oxygen atoms in total. The van der Waals surface area contributed by atoms with Crippen molar-refractivity contribution in [3.8, 4) is 0 Å². The van der Waals surface area contributed by atoms with E-state index in [0.29, 0.717) is 6.42 Å². The number of carbonyl (C=O) groups is 1. The Kier molecular flexibility index (Phi) is 5.79. The second kappa shape index (κ2) is 7.87. The molecular weight excluding hydrogens is 314 g/mol. The SMILES string of the molecule is CCCCc1ncc(CN2CCN(C)C3(CCC(=O)N(C)CC3)C2)[nH]1. The molecule has 0 aliphatic carbocycles. The Bertz CT molecular complexity index is 586. The summed E-state index contributed by atoms with van der Waals surface area (Å²) in [5.74, 6) is 1.40. The van der Waals surface area contributed by atoms with E-state index in [1.54, 1.807) is 0 Å². The van der Waals surface area contributed by atoms with Crippen molar-refractivity contribution in [2.75, 3.05) is 40.3 Å². The Morgan fingerprint density at radius 3 is 2.88 bits per heavy atom. The molecular formula is C19H33N5O. The lowest BCUT2D eigenvalue weighted by atomic mass is 9.86. The van der Waals surface area contributed by atoms with Gasteiger partial charge in [-0.05, 0) is 26.3 Å². The quantitative estimate of drug-likeness (QED) is 0.884. The number of nitrogens with zero attached hydrogens (tertiary/aromatic N) is 4. The van der Waals surface area contributed by atoms with Gasteiger partial charge in [-0.3, -0.25) is 14.6 Å². The van der Waals surface area contributed by atoms with Crippen LogP contribution >= 0.6 is 0 Å². The molecule has 2 saturated heterocycles. The summed E-state index contributed by atoms with van der Waals surface area (Å²) in [6.07, 6.45) is 8.12. The number of imidazole rings is 1. The average molecular weight is 348 g/mol. The van der Waals surface area contributed by atoms with Crippen LogP contribution in [-0.2, 0) is 17.8 Å². The lowest BCUT2D eigenvalue weighted by Crippen LogP contribution is -2.60. The van der Waals surface area contributed by atoms with E-state index in [1.807, 2.05) is 18.1 Å². The molecule has 0 radical (unpaired) electrons. The van der Waals surface area contributed by atoms with Crippen molar-refractivity contribution in [3.63, 3.8) is 0 Å². The molecule has 2 aliphatic rings. The Labute approximate surface area is 151 Å². The third-order valence-electron chi connectivity index (χ3n) is 6.06. The molecule has 6 heteroatoms. The van der Waals surface area contributed by atoms with Gasteiger partial charge in [0.15, 0.2) is 0 Å². The maximum absolute atomic E-state index is 12.1. The molecule has 2 fully saturated rings. The number of nitrogens with one attached hydrogen (secondary N) is 1. The van der Waals surface area contributed by atoms with Crippen LogP contribution in [0.1, 0.15) is 50.5 Å². The maximum atomic E-state index is 12.1. The summed E-state index contributed by atoms with van der Waals surface area (Å²) < 4.78 is 0. The second-order valence-electron chi connectivity index (χ2n) is 7.88. The van der Waals surface area contributed by atoms with Gasteiger partial charge in [0.1, 0.15) is 5.82 Å². The highest BCUT2D eigenvalue weighted by Crippen LogP contribution is 2.32. The molecule has 1 N–H and O–H groups in total. The number of H-pyrrole nitrogens is 1. The smallest absolute Gasteiger partial charge is 0.222 e. The van der Waals surface area contributed by atoms with Gasteiger partial charge in [0.25, 0.3) is 0 Å². The molecule has 3 rings (SSSR count). The minimum atomic E-state index is 0.129. The van der Waals surface area contributed by atoms with E-state index in [1.165, 1.54) is 18.5 Å². The number of hydrogen-bond donors (Lipinski definition) is 1. The van der Waals surface area contributed by atoms with Crippen molar-refractivity contribution >= 4 is 5.91 Å². The van der Waals surface area contributed by atoms with Crippen molar-refractivity contribution in [1.29, 1.82) is 0 Å². The first kappa shape index (κ1) is 18.4. The van der Waals surface area contributed by atoms with Gasteiger partial charge in [-0.15, -0.1) is 0 Å². The van der Waals surface area contributed by atoms with Gasteiger partial charge in [0, 0.05) is 70.0 Å². The summed E-state index contributed by atoms with van der Waals surface area (Å²) >= 11 is 0. The summed E-state index contributed by atoms with van der Waals surface area (Å²) in [7, 11) is 4.16. The van der Waals surface area contributed by atoms with Gasteiger partial charge < -0.3 is 9.88 Å². The number of rotatable bonds is 5. The highest BCUT2D eigenvalue weighted by Gasteiger charge is 2.41. The van der Waals surface area contributed by atoms with Crippen molar-refractivity contribution < 1.29 is 4.79 Å². The Balaban J connectivity index is 1.64. The first-order valence-corrected chi connectivity index (χ1v) is 9.73. The summed E-state index contributed by atoms with van der Waals surface area (Å²) in [5, 5.41) is 0. The molecule has 0 aromatic carbocycles. The molecule has 3 heterocycles. The molecule has 140 valence electrons. The monoisotopic (exact) mass is 347 g/mol. The van der Waals surface area contributed by atoms with Crippen LogP contribution in [0.25, 0.3) is 0 Å². The third-order valence-corrected chi connectivity index (χ3v) is 6.06. The van der Waals surface area contributed by atoms with E-state index in [-0.39, 0.29) is 11.4 Å². The van der Waals surface area contributed by atoms with E-state index < -0.39 is 0 Å². The van der Waals surface area contributed by atoms with Crippen LogP contribution in [0.2, 0.25) is 0 Å². The molecule has 1 spiro atoms. The average Bonchev–Trinajstić information content (AvgIpc) is 3.00. The zero-order chi connectivity index (χ0) is 17.9. The fourth-order valence-corrected chi connectivity index (χ4v) is 4.17. The molecule has 1 amide bonds. The van der Waals surface area contributed by atoms with Gasteiger partial charge in [0.2, 0.25) is 5.91 Å². The Morgan fingerprint density at radius 1 is 1.24 bits per heavy atom. The number of carbonyl (C=O) groups excluding carboxylic acids is 1. The molecule has 1 atom stereocenters. The topological polar surface area (TPSA) is 55.5 Å². The summed E-state index contributed by atoms with van der Waals surface area (Å²) in [6.45, 7) is 7.18. The predicted octanol–water partition coefficient (Wildman–Crippen LogP) is 1.88. The van der Waals surface area contributed by atoms with Crippen LogP contribution in [0, 0.1) is 0 Å². The zero-order valence-corrected chi connectivity index (χ0v) is 16.1. The fraction of sp³-hybridized carbons (Fsp3) is 0.789. The number of likely N-dealkylation sites (N-methyl/N-ethyl adjacent to an activating group) is 1. The van der Waals surface area contributed by atoms with Gasteiger partial charge >= 0.3 is 0 Å². The largest absolute Gasteiger partial charge is 0.346 e. The standard InChI is InChI=1S/C19H33N5O/c1-4-5-6-17-20-13-16(21-17)14-24-12-11-23(3)19(15-24)8-7-18(25)22(2)10-9-19/h13H,4-12,14-15H2,1-3H3,(H,20,21). The lowest BCUT2D eigenvalue weighted by Gasteiger charge is -2.49. The van der Waals surface area contributed by atoms with E-state index in [9.17, 15) is 4.79 Å². The van der Waals surface area contributed by atoms with E-state index >= 15 is 0 Å². The van der Waals surface area contributed by atoms with E-state index in [0.717, 1.165) is 57.8 Å². The van der Waals surface area contributed by atoms with E-state index in [2.05, 4.69) is 33.7 Å². The summed E-state index contributed by atoms with van der Waals surface area (Å²) in [5.41, 5.74) is 1.34. The third kappa shape index (κ3) is 4.23.